The number of ether oxygens (including phenoxy) is 1. The van der Waals surface area contributed by atoms with E-state index < -0.39 is 6.09 Å². The van der Waals surface area contributed by atoms with Crippen molar-refractivity contribution >= 4 is 22.7 Å². The molecule has 25 heavy (non-hydrogen) atoms. The van der Waals surface area contributed by atoms with Gasteiger partial charge in [-0.15, -0.1) is 0 Å². The van der Waals surface area contributed by atoms with Crippen LogP contribution in [0, 0.1) is 6.92 Å². The number of fused-ring (bicyclic) bond motifs is 1. The van der Waals surface area contributed by atoms with Crippen molar-refractivity contribution in [3.8, 4) is 5.75 Å². The molecule has 0 radical (unpaired) electrons. The number of carbonyl (C=O) groups excluding carboxylic acids is 1. The molecule has 0 aliphatic rings. The Balaban J connectivity index is 2.05. The lowest BCUT2D eigenvalue weighted by atomic mass is 10.2. The van der Waals surface area contributed by atoms with Crippen LogP contribution in [-0.2, 0) is 0 Å². The smallest absolute Gasteiger partial charge is 0.410 e. The molecule has 1 amide bonds. The summed E-state index contributed by atoms with van der Waals surface area (Å²) in [6.07, 6.45) is 6.24. The summed E-state index contributed by atoms with van der Waals surface area (Å²) in [4.78, 5) is 15.5. The molecule has 0 saturated heterocycles. The number of nitrogens with zero attached hydrogens (tertiary/aromatic N) is 3. The van der Waals surface area contributed by atoms with Gasteiger partial charge in [0, 0.05) is 37.6 Å². The Morgan fingerprint density at radius 2 is 2.04 bits per heavy atom. The number of rotatable bonds is 5. The molecule has 130 valence electrons. The Labute approximate surface area is 147 Å². The summed E-state index contributed by atoms with van der Waals surface area (Å²) >= 11 is 0. The molecule has 3 aromatic rings. The number of aryl methyl sites for hydroxylation is 1. The molecule has 0 spiro atoms. The zero-order valence-corrected chi connectivity index (χ0v) is 14.7. The number of carbonyl (C=O) groups is 1. The van der Waals surface area contributed by atoms with Crippen LogP contribution in [0.1, 0.15) is 18.9 Å². The highest BCUT2D eigenvalue weighted by molar-refractivity contribution is 5.86. The summed E-state index contributed by atoms with van der Waals surface area (Å²) in [5.74, 6) is 0.527. The molecule has 0 bridgehead atoms. The van der Waals surface area contributed by atoms with Gasteiger partial charge < -0.3 is 10.1 Å². The van der Waals surface area contributed by atoms with Crippen molar-refractivity contribution < 1.29 is 9.53 Å². The van der Waals surface area contributed by atoms with E-state index in [1.807, 2.05) is 30.3 Å². The van der Waals surface area contributed by atoms with Crippen molar-refractivity contribution in [1.82, 2.24) is 15.0 Å². The molecule has 3 rings (SSSR count). The van der Waals surface area contributed by atoms with Gasteiger partial charge in [-0.1, -0.05) is 6.92 Å². The van der Waals surface area contributed by atoms with Crippen molar-refractivity contribution in [3.05, 3.63) is 54.5 Å². The molecule has 2 aromatic heterocycles. The molecule has 2 heterocycles. The second kappa shape index (κ2) is 7.25. The van der Waals surface area contributed by atoms with E-state index in [9.17, 15) is 4.79 Å². The molecule has 0 unspecified atom stereocenters. The van der Waals surface area contributed by atoms with Gasteiger partial charge in [0.25, 0.3) is 0 Å². The maximum absolute atomic E-state index is 11.4. The Bertz CT molecular complexity index is 874. The van der Waals surface area contributed by atoms with E-state index in [1.54, 1.807) is 19.4 Å². The lowest BCUT2D eigenvalue weighted by Gasteiger charge is -2.26. The first-order valence-corrected chi connectivity index (χ1v) is 8.33. The standard InChI is InChI=1S/C19H22N4O2/c1-4-11-22(15-7-9-21-10-8-15)23-13-14(2)17-12-16(5-6-18(17)23)25-19(24)20-3/h5-10,12-13H,4,11H2,1-3H3,(H,20,24). The first-order chi connectivity index (χ1) is 12.1. The Morgan fingerprint density at radius 1 is 1.28 bits per heavy atom. The van der Waals surface area contributed by atoms with E-state index in [1.165, 1.54) is 0 Å². The predicted molar refractivity (Wildman–Crippen MR) is 99.0 cm³/mol. The van der Waals surface area contributed by atoms with Gasteiger partial charge in [-0.2, -0.15) is 0 Å². The van der Waals surface area contributed by atoms with Gasteiger partial charge >= 0.3 is 6.09 Å². The molecule has 0 aliphatic heterocycles. The largest absolute Gasteiger partial charge is 0.412 e. The Morgan fingerprint density at radius 3 is 2.72 bits per heavy atom. The molecule has 1 aromatic carbocycles. The van der Waals surface area contributed by atoms with Gasteiger partial charge in [-0.3, -0.25) is 14.7 Å². The van der Waals surface area contributed by atoms with E-state index in [4.69, 9.17) is 4.74 Å². The summed E-state index contributed by atoms with van der Waals surface area (Å²) in [7, 11) is 1.54. The van der Waals surface area contributed by atoms with Crippen molar-refractivity contribution in [2.24, 2.45) is 0 Å². The zero-order chi connectivity index (χ0) is 17.8. The predicted octanol–water partition coefficient (Wildman–Crippen LogP) is 3.74. The van der Waals surface area contributed by atoms with Gasteiger partial charge in [-0.05, 0) is 49.2 Å². The maximum Gasteiger partial charge on any atom is 0.412 e. The molecule has 1 N–H and O–H groups in total. The topological polar surface area (TPSA) is 59.4 Å². The van der Waals surface area contributed by atoms with E-state index >= 15 is 0 Å². The SMILES string of the molecule is CCCN(c1ccncc1)n1cc(C)c2cc(OC(=O)NC)ccc21. The molecule has 0 fully saturated rings. The molecule has 6 nitrogen and oxygen atoms in total. The van der Waals surface area contributed by atoms with Gasteiger partial charge in [0.15, 0.2) is 0 Å². The summed E-state index contributed by atoms with van der Waals surface area (Å²) in [5, 5.41) is 5.73. The van der Waals surface area contributed by atoms with E-state index in [-0.39, 0.29) is 0 Å². The zero-order valence-electron chi connectivity index (χ0n) is 14.7. The number of hydrogen-bond donors (Lipinski definition) is 1. The number of aromatic nitrogens is 2. The average molecular weight is 338 g/mol. The summed E-state index contributed by atoms with van der Waals surface area (Å²) in [5.41, 5.74) is 3.26. The summed E-state index contributed by atoms with van der Waals surface area (Å²) < 4.78 is 7.39. The van der Waals surface area contributed by atoms with Gasteiger partial charge in [0.05, 0.1) is 11.2 Å². The lowest BCUT2D eigenvalue weighted by Crippen LogP contribution is -2.29. The van der Waals surface area contributed by atoms with Crippen molar-refractivity contribution in [1.29, 1.82) is 0 Å². The molecular weight excluding hydrogens is 316 g/mol. The molecule has 0 aliphatic carbocycles. The first kappa shape index (κ1) is 16.8. The van der Waals surface area contributed by atoms with Crippen LogP contribution in [0.15, 0.2) is 48.9 Å². The highest BCUT2D eigenvalue weighted by Crippen LogP contribution is 2.28. The van der Waals surface area contributed by atoms with Crippen molar-refractivity contribution in [2.75, 3.05) is 18.6 Å². The maximum atomic E-state index is 11.4. The van der Waals surface area contributed by atoms with Crippen molar-refractivity contribution in [3.63, 3.8) is 0 Å². The third kappa shape index (κ3) is 3.42. The van der Waals surface area contributed by atoms with E-state index in [0.717, 1.165) is 35.1 Å². The van der Waals surface area contributed by atoms with Crippen LogP contribution in [0.5, 0.6) is 5.75 Å². The highest BCUT2D eigenvalue weighted by Gasteiger charge is 2.14. The third-order valence-corrected chi connectivity index (χ3v) is 4.03. The number of hydrogen-bond acceptors (Lipinski definition) is 4. The normalized spacial score (nSPS) is 10.7. The number of amides is 1. The average Bonchev–Trinajstić information content (AvgIpc) is 2.96. The molecule has 0 atom stereocenters. The van der Waals surface area contributed by atoms with E-state index in [0.29, 0.717) is 5.75 Å². The van der Waals surface area contributed by atoms with Crippen LogP contribution in [-0.4, -0.2) is 29.3 Å². The van der Waals surface area contributed by atoms with Crippen LogP contribution >= 0.6 is 0 Å². The minimum atomic E-state index is -0.471. The van der Waals surface area contributed by atoms with Crippen LogP contribution in [0.3, 0.4) is 0 Å². The quantitative estimate of drug-likeness (QED) is 0.770. The van der Waals surface area contributed by atoms with Gasteiger partial charge in [0.1, 0.15) is 5.75 Å². The fourth-order valence-corrected chi connectivity index (χ4v) is 2.86. The summed E-state index contributed by atoms with van der Waals surface area (Å²) in [6.45, 7) is 5.09. The minimum absolute atomic E-state index is 0.471. The number of anilines is 1. The van der Waals surface area contributed by atoms with Crippen LogP contribution in [0.2, 0.25) is 0 Å². The molecule has 6 heteroatoms. The highest BCUT2D eigenvalue weighted by atomic mass is 16.5. The fraction of sp³-hybridized carbons (Fsp3) is 0.263. The number of pyridine rings is 1. The number of benzene rings is 1. The number of nitrogens with one attached hydrogen (secondary N) is 1. The first-order valence-electron chi connectivity index (χ1n) is 8.33. The van der Waals surface area contributed by atoms with Crippen LogP contribution in [0.25, 0.3) is 10.9 Å². The monoisotopic (exact) mass is 338 g/mol. The van der Waals surface area contributed by atoms with Crippen molar-refractivity contribution in [2.45, 2.75) is 20.3 Å². The van der Waals surface area contributed by atoms with Gasteiger partial charge in [-0.25, -0.2) is 4.79 Å². The van der Waals surface area contributed by atoms with Crippen LogP contribution in [0.4, 0.5) is 10.5 Å². The molecule has 0 saturated carbocycles. The molecular formula is C19H22N4O2. The Hall–Kier alpha value is -3.02. The second-order valence-corrected chi connectivity index (χ2v) is 5.80. The third-order valence-electron chi connectivity index (χ3n) is 4.03. The fourth-order valence-electron chi connectivity index (χ4n) is 2.86. The minimum Gasteiger partial charge on any atom is -0.410 e. The van der Waals surface area contributed by atoms with Crippen LogP contribution < -0.4 is 15.1 Å². The van der Waals surface area contributed by atoms with Gasteiger partial charge in [0.2, 0.25) is 0 Å². The second-order valence-electron chi connectivity index (χ2n) is 5.80. The Kier molecular flexibility index (Phi) is 4.88. The lowest BCUT2D eigenvalue weighted by molar-refractivity contribution is 0.203. The summed E-state index contributed by atoms with van der Waals surface area (Å²) in [6, 6.07) is 9.68. The van der Waals surface area contributed by atoms with E-state index in [2.05, 4.69) is 40.0 Å².